The van der Waals surface area contributed by atoms with Gasteiger partial charge in [-0.1, -0.05) is 51.9 Å². The van der Waals surface area contributed by atoms with Crippen LogP contribution in [0.1, 0.15) is 74.2 Å². The fraction of sp³-hybridized carbons (Fsp3) is 0.611. The topological polar surface area (TPSA) is 72.6 Å². The lowest BCUT2D eigenvalue weighted by Crippen LogP contribution is -2.11. The van der Waals surface area contributed by atoms with Crippen molar-refractivity contribution in [1.29, 1.82) is 0 Å². The Morgan fingerprint density at radius 1 is 1.09 bits per heavy atom. The summed E-state index contributed by atoms with van der Waals surface area (Å²) in [6, 6.07) is 3.15. The summed E-state index contributed by atoms with van der Waals surface area (Å²) in [7, 11) is 1.47. The Bertz CT molecular complexity index is 472. The van der Waals surface area contributed by atoms with Gasteiger partial charge in [-0.2, -0.15) is 0 Å². The van der Waals surface area contributed by atoms with E-state index in [1.165, 1.54) is 51.7 Å². The number of methoxy groups -OCH3 is 1. The summed E-state index contributed by atoms with van der Waals surface area (Å²) in [5.41, 5.74) is 6.43. The van der Waals surface area contributed by atoms with E-state index in [-0.39, 0.29) is 5.75 Å². The number of nitrogens with two attached hydrogens (primary N) is 1. The molecule has 0 fully saturated rings. The third kappa shape index (κ3) is 5.96. The molecule has 0 atom stereocenters. The van der Waals surface area contributed by atoms with E-state index < -0.39 is 5.91 Å². The zero-order valence-electron chi connectivity index (χ0n) is 13.9. The molecule has 0 unspecified atom stereocenters. The summed E-state index contributed by atoms with van der Waals surface area (Å²) < 4.78 is 5.10. The number of amides is 1. The molecule has 0 aliphatic heterocycles. The number of benzene rings is 1. The molecule has 22 heavy (non-hydrogen) atoms. The Morgan fingerprint density at radius 3 is 2.23 bits per heavy atom. The van der Waals surface area contributed by atoms with E-state index in [9.17, 15) is 9.90 Å². The highest BCUT2D eigenvalue weighted by atomic mass is 16.5. The van der Waals surface area contributed by atoms with Gasteiger partial charge in [-0.25, -0.2) is 0 Å². The first-order valence-electron chi connectivity index (χ1n) is 8.29. The van der Waals surface area contributed by atoms with Crippen molar-refractivity contribution >= 4 is 5.91 Å². The molecule has 3 N–H and O–H groups in total. The molecule has 4 nitrogen and oxygen atoms in total. The molecule has 1 amide bonds. The first kappa shape index (κ1) is 18.3. The molecule has 0 saturated carbocycles. The average molecular weight is 307 g/mol. The summed E-state index contributed by atoms with van der Waals surface area (Å²) in [4.78, 5) is 11.3. The molecule has 0 aromatic heterocycles. The molecule has 124 valence electrons. The van der Waals surface area contributed by atoms with Crippen LogP contribution in [0, 0.1) is 0 Å². The van der Waals surface area contributed by atoms with Gasteiger partial charge in [0.05, 0.1) is 7.11 Å². The first-order chi connectivity index (χ1) is 10.6. The fourth-order valence-electron chi connectivity index (χ4n) is 2.60. The maximum absolute atomic E-state index is 11.3. The normalized spacial score (nSPS) is 10.6. The second-order valence-electron chi connectivity index (χ2n) is 5.78. The minimum atomic E-state index is -0.504. The molecular weight excluding hydrogens is 278 g/mol. The van der Waals surface area contributed by atoms with Crippen molar-refractivity contribution in [2.75, 3.05) is 7.11 Å². The largest absolute Gasteiger partial charge is 0.504 e. The van der Waals surface area contributed by atoms with Gasteiger partial charge in [0.1, 0.15) is 0 Å². The van der Waals surface area contributed by atoms with Crippen LogP contribution < -0.4 is 10.5 Å². The second-order valence-corrected chi connectivity index (χ2v) is 5.78. The lowest BCUT2D eigenvalue weighted by Gasteiger charge is -2.11. The zero-order chi connectivity index (χ0) is 16.4. The number of phenolic OH excluding ortho intramolecular Hbond substituents is 1. The smallest absolute Gasteiger partial charge is 0.248 e. The van der Waals surface area contributed by atoms with E-state index in [2.05, 4.69) is 6.92 Å². The quantitative estimate of drug-likeness (QED) is 0.602. The Balaban J connectivity index is 2.45. The van der Waals surface area contributed by atoms with Gasteiger partial charge < -0.3 is 15.6 Å². The summed E-state index contributed by atoms with van der Waals surface area (Å²) in [6.45, 7) is 2.22. The molecule has 0 saturated heterocycles. The van der Waals surface area contributed by atoms with Gasteiger partial charge in [-0.05, 0) is 30.5 Å². The monoisotopic (exact) mass is 307 g/mol. The lowest BCUT2D eigenvalue weighted by atomic mass is 10.0. The van der Waals surface area contributed by atoms with E-state index in [4.69, 9.17) is 10.5 Å². The lowest BCUT2D eigenvalue weighted by molar-refractivity contribution is 0.1000. The second kappa shape index (κ2) is 10.1. The van der Waals surface area contributed by atoms with E-state index in [0.717, 1.165) is 24.8 Å². The number of aryl methyl sites for hydroxylation is 1. The maximum atomic E-state index is 11.3. The van der Waals surface area contributed by atoms with Crippen LogP contribution in [0.4, 0.5) is 0 Å². The van der Waals surface area contributed by atoms with Crippen LogP contribution in [0.2, 0.25) is 0 Å². The number of primary amides is 1. The van der Waals surface area contributed by atoms with Crippen molar-refractivity contribution in [3.05, 3.63) is 23.3 Å². The van der Waals surface area contributed by atoms with Gasteiger partial charge in [0.15, 0.2) is 11.5 Å². The maximum Gasteiger partial charge on any atom is 0.248 e. The number of carbonyl (C=O) groups is 1. The van der Waals surface area contributed by atoms with Crippen LogP contribution in [-0.4, -0.2) is 18.1 Å². The number of ether oxygens (including phenoxy) is 1. The van der Waals surface area contributed by atoms with Crippen molar-refractivity contribution in [2.45, 2.75) is 64.7 Å². The van der Waals surface area contributed by atoms with Crippen LogP contribution in [0.3, 0.4) is 0 Å². The molecule has 0 spiro atoms. The molecule has 0 aliphatic rings. The highest BCUT2D eigenvalue weighted by Gasteiger charge is 2.13. The summed E-state index contributed by atoms with van der Waals surface area (Å²) in [5, 5.41) is 10.1. The number of phenols is 1. The predicted molar refractivity (Wildman–Crippen MR) is 89.5 cm³/mol. The van der Waals surface area contributed by atoms with Crippen molar-refractivity contribution in [2.24, 2.45) is 5.73 Å². The number of unbranched alkanes of at least 4 members (excludes halogenated alkanes) is 7. The van der Waals surface area contributed by atoms with Gasteiger partial charge in [-0.3, -0.25) is 4.79 Å². The van der Waals surface area contributed by atoms with Gasteiger partial charge in [-0.15, -0.1) is 0 Å². The van der Waals surface area contributed by atoms with Crippen molar-refractivity contribution in [3.63, 3.8) is 0 Å². The van der Waals surface area contributed by atoms with E-state index >= 15 is 0 Å². The molecule has 0 heterocycles. The van der Waals surface area contributed by atoms with Crippen molar-refractivity contribution in [1.82, 2.24) is 0 Å². The van der Waals surface area contributed by atoms with E-state index in [1.807, 2.05) is 0 Å². The van der Waals surface area contributed by atoms with Gasteiger partial charge in [0.25, 0.3) is 0 Å². The molecule has 1 aromatic carbocycles. The SMILES string of the molecule is CCCCCCCCCCc1cc(C(N)=O)cc(OC)c1O. The standard InChI is InChI=1S/C18H29NO3/c1-3-4-5-6-7-8-9-10-11-14-12-15(18(19)21)13-16(22-2)17(14)20/h12-13,20H,3-11H2,1-2H3,(H2,19,21). The molecule has 0 aliphatic carbocycles. The number of aromatic hydroxyl groups is 1. The van der Waals surface area contributed by atoms with Gasteiger partial charge in [0, 0.05) is 5.56 Å². The molecule has 4 heteroatoms. The van der Waals surface area contributed by atoms with Crippen LogP contribution in [0.15, 0.2) is 12.1 Å². The number of rotatable bonds is 11. The number of hydrogen-bond acceptors (Lipinski definition) is 3. The zero-order valence-corrected chi connectivity index (χ0v) is 13.9. The molecule has 1 aromatic rings. The minimum Gasteiger partial charge on any atom is -0.504 e. The molecule has 0 bridgehead atoms. The third-order valence-electron chi connectivity index (χ3n) is 3.96. The first-order valence-corrected chi connectivity index (χ1v) is 8.29. The van der Waals surface area contributed by atoms with Crippen molar-refractivity contribution in [3.8, 4) is 11.5 Å². The van der Waals surface area contributed by atoms with Crippen LogP contribution in [0.25, 0.3) is 0 Å². The Labute approximate surface area is 133 Å². The summed E-state index contributed by atoms with van der Waals surface area (Å²) >= 11 is 0. The van der Waals surface area contributed by atoms with Crippen molar-refractivity contribution < 1.29 is 14.6 Å². The Morgan fingerprint density at radius 2 is 1.68 bits per heavy atom. The van der Waals surface area contributed by atoms with E-state index in [1.54, 1.807) is 6.07 Å². The van der Waals surface area contributed by atoms with Crippen LogP contribution in [-0.2, 0) is 6.42 Å². The number of carbonyl (C=O) groups excluding carboxylic acids is 1. The average Bonchev–Trinajstić information content (AvgIpc) is 2.51. The minimum absolute atomic E-state index is 0.121. The predicted octanol–water partition coefficient (Wildman–Crippen LogP) is 4.18. The molecule has 1 rings (SSSR count). The Kier molecular flexibility index (Phi) is 8.41. The Hall–Kier alpha value is -1.71. The van der Waals surface area contributed by atoms with Crippen LogP contribution >= 0.6 is 0 Å². The highest BCUT2D eigenvalue weighted by Crippen LogP contribution is 2.32. The summed E-state index contributed by atoms with van der Waals surface area (Å²) in [6.07, 6.45) is 10.6. The van der Waals surface area contributed by atoms with Gasteiger partial charge in [0.2, 0.25) is 5.91 Å². The van der Waals surface area contributed by atoms with Crippen LogP contribution in [0.5, 0.6) is 11.5 Å². The highest BCUT2D eigenvalue weighted by molar-refractivity contribution is 5.93. The third-order valence-corrected chi connectivity index (χ3v) is 3.96. The molecule has 0 radical (unpaired) electrons. The summed E-state index contributed by atoms with van der Waals surface area (Å²) in [5.74, 6) is -0.0724. The number of hydrogen-bond donors (Lipinski definition) is 2. The van der Waals surface area contributed by atoms with E-state index in [0.29, 0.717) is 11.3 Å². The molecular formula is C18H29NO3. The van der Waals surface area contributed by atoms with Gasteiger partial charge >= 0.3 is 0 Å². The fourth-order valence-corrected chi connectivity index (χ4v) is 2.60.